The van der Waals surface area contributed by atoms with Crippen LogP contribution in [0.1, 0.15) is 27.3 Å². The number of aryl methyl sites for hydroxylation is 1. The standard InChI is InChI=1S/C16H15FN4O/c1-9-4-11(17)5-14-12(9)6-15(19-14)16(22)21-3-2-13-10(8-21)7-18-20-13/h4-7,19H,2-3,8H2,1H3,(H,18,20). The molecule has 0 saturated heterocycles. The number of carbonyl (C=O) groups excluding carboxylic acids is 1. The molecule has 1 aromatic carbocycles. The third-order valence-electron chi connectivity index (χ3n) is 4.23. The van der Waals surface area contributed by atoms with Crippen molar-refractivity contribution in [3.63, 3.8) is 0 Å². The minimum Gasteiger partial charge on any atom is -0.350 e. The quantitative estimate of drug-likeness (QED) is 0.725. The molecule has 0 aliphatic carbocycles. The average molecular weight is 298 g/mol. The third-order valence-corrected chi connectivity index (χ3v) is 4.23. The molecule has 2 N–H and O–H groups in total. The molecule has 2 aromatic heterocycles. The molecule has 3 aromatic rings. The highest BCUT2D eigenvalue weighted by Gasteiger charge is 2.24. The molecule has 1 amide bonds. The molecule has 0 unspecified atom stereocenters. The molecule has 1 aliphatic heterocycles. The predicted molar refractivity (Wildman–Crippen MR) is 80.0 cm³/mol. The smallest absolute Gasteiger partial charge is 0.270 e. The van der Waals surface area contributed by atoms with E-state index in [9.17, 15) is 9.18 Å². The number of nitrogens with zero attached hydrogens (tertiary/aromatic N) is 2. The van der Waals surface area contributed by atoms with E-state index in [1.54, 1.807) is 17.2 Å². The molecule has 0 saturated carbocycles. The van der Waals surface area contributed by atoms with E-state index in [4.69, 9.17) is 0 Å². The van der Waals surface area contributed by atoms with E-state index in [1.807, 2.05) is 6.92 Å². The lowest BCUT2D eigenvalue weighted by Crippen LogP contribution is -2.35. The van der Waals surface area contributed by atoms with Gasteiger partial charge in [-0.05, 0) is 30.7 Å². The second kappa shape index (κ2) is 4.69. The van der Waals surface area contributed by atoms with Crippen LogP contribution >= 0.6 is 0 Å². The maximum Gasteiger partial charge on any atom is 0.270 e. The van der Waals surface area contributed by atoms with Gasteiger partial charge in [-0.25, -0.2) is 4.39 Å². The Morgan fingerprint density at radius 1 is 1.36 bits per heavy atom. The fourth-order valence-corrected chi connectivity index (χ4v) is 3.06. The average Bonchev–Trinajstić information content (AvgIpc) is 3.11. The molecule has 4 rings (SSSR count). The largest absolute Gasteiger partial charge is 0.350 e. The summed E-state index contributed by atoms with van der Waals surface area (Å²) >= 11 is 0. The van der Waals surface area contributed by atoms with Crippen molar-refractivity contribution in [3.05, 3.63) is 52.7 Å². The molecule has 6 heteroatoms. The highest BCUT2D eigenvalue weighted by Crippen LogP contribution is 2.23. The van der Waals surface area contributed by atoms with Crippen molar-refractivity contribution in [1.82, 2.24) is 20.1 Å². The maximum atomic E-state index is 13.5. The summed E-state index contributed by atoms with van der Waals surface area (Å²) in [6.45, 7) is 3.04. The third kappa shape index (κ3) is 1.99. The Labute approximate surface area is 126 Å². The van der Waals surface area contributed by atoms with Crippen LogP contribution in [-0.2, 0) is 13.0 Å². The number of rotatable bonds is 1. The number of carbonyl (C=O) groups is 1. The summed E-state index contributed by atoms with van der Waals surface area (Å²) in [7, 11) is 0. The van der Waals surface area contributed by atoms with Crippen LogP contribution in [-0.4, -0.2) is 32.5 Å². The monoisotopic (exact) mass is 298 g/mol. The second-order valence-electron chi connectivity index (χ2n) is 5.72. The zero-order chi connectivity index (χ0) is 15.3. The number of fused-ring (bicyclic) bond motifs is 2. The molecule has 0 bridgehead atoms. The number of halogens is 1. The summed E-state index contributed by atoms with van der Waals surface area (Å²) < 4.78 is 13.5. The zero-order valence-electron chi connectivity index (χ0n) is 12.1. The van der Waals surface area contributed by atoms with Gasteiger partial charge in [0.15, 0.2) is 0 Å². The van der Waals surface area contributed by atoms with Crippen LogP contribution < -0.4 is 0 Å². The van der Waals surface area contributed by atoms with Gasteiger partial charge in [0.1, 0.15) is 11.5 Å². The molecule has 0 fully saturated rings. The number of aromatic nitrogens is 3. The summed E-state index contributed by atoms with van der Waals surface area (Å²) in [6.07, 6.45) is 2.54. The first-order chi connectivity index (χ1) is 10.6. The SMILES string of the molecule is Cc1cc(F)cc2[nH]c(C(=O)N3CCc4[nH]ncc4C3)cc12. The van der Waals surface area contributed by atoms with Crippen LogP contribution in [0.25, 0.3) is 10.9 Å². The first kappa shape index (κ1) is 13.1. The Morgan fingerprint density at radius 2 is 2.23 bits per heavy atom. The van der Waals surface area contributed by atoms with Gasteiger partial charge in [-0.15, -0.1) is 0 Å². The van der Waals surface area contributed by atoms with Crippen LogP contribution in [0.15, 0.2) is 24.4 Å². The van der Waals surface area contributed by atoms with Gasteiger partial charge < -0.3 is 9.88 Å². The Hall–Kier alpha value is -2.63. The van der Waals surface area contributed by atoms with Gasteiger partial charge in [-0.2, -0.15) is 5.10 Å². The Balaban J connectivity index is 1.67. The van der Waals surface area contributed by atoms with Crippen molar-refractivity contribution < 1.29 is 9.18 Å². The van der Waals surface area contributed by atoms with E-state index in [0.717, 1.165) is 28.6 Å². The van der Waals surface area contributed by atoms with Gasteiger partial charge in [-0.1, -0.05) is 0 Å². The molecule has 0 spiro atoms. The van der Waals surface area contributed by atoms with Gasteiger partial charge in [-0.3, -0.25) is 9.89 Å². The summed E-state index contributed by atoms with van der Waals surface area (Å²) in [5, 5.41) is 7.85. The lowest BCUT2D eigenvalue weighted by Gasteiger charge is -2.26. The number of aromatic amines is 2. The van der Waals surface area contributed by atoms with Crippen molar-refractivity contribution >= 4 is 16.8 Å². The topological polar surface area (TPSA) is 64.8 Å². The number of amides is 1. The van der Waals surface area contributed by atoms with Gasteiger partial charge in [0.05, 0.1) is 6.20 Å². The van der Waals surface area contributed by atoms with Gasteiger partial charge in [0.2, 0.25) is 0 Å². The maximum absolute atomic E-state index is 13.5. The predicted octanol–water partition coefficient (Wildman–Crippen LogP) is 2.54. The lowest BCUT2D eigenvalue weighted by molar-refractivity contribution is 0.0729. The van der Waals surface area contributed by atoms with E-state index < -0.39 is 0 Å². The van der Waals surface area contributed by atoms with E-state index >= 15 is 0 Å². The summed E-state index contributed by atoms with van der Waals surface area (Å²) in [4.78, 5) is 17.5. The number of nitrogens with one attached hydrogen (secondary N) is 2. The summed E-state index contributed by atoms with van der Waals surface area (Å²) in [5.74, 6) is -0.366. The summed E-state index contributed by atoms with van der Waals surface area (Å²) in [6, 6.07) is 4.70. The fourth-order valence-electron chi connectivity index (χ4n) is 3.06. The van der Waals surface area contributed by atoms with E-state index in [-0.39, 0.29) is 11.7 Å². The number of hydrogen-bond donors (Lipinski definition) is 2. The molecule has 3 heterocycles. The Kier molecular flexibility index (Phi) is 2.79. The molecule has 1 aliphatic rings. The molecular formula is C16H15FN4O. The van der Waals surface area contributed by atoms with Crippen LogP contribution in [0.3, 0.4) is 0 Å². The first-order valence-electron chi connectivity index (χ1n) is 7.21. The minimum atomic E-state index is -0.299. The number of benzene rings is 1. The molecule has 5 nitrogen and oxygen atoms in total. The van der Waals surface area contributed by atoms with E-state index in [1.165, 1.54) is 12.1 Å². The van der Waals surface area contributed by atoms with Crippen molar-refractivity contribution in [2.45, 2.75) is 19.9 Å². The van der Waals surface area contributed by atoms with Crippen molar-refractivity contribution in [2.75, 3.05) is 6.54 Å². The molecule has 0 radical (unpaired) electrons. The summed E-state index contributed by atoms with van der Waals surface area (Å²) in [5.41, 5.74) is 4.12. The molecule has 22 heavy (non-hydrogen) atoms. The first-order valence-corrected chi connectivity index (χ1v) is 7.21. The van der Waals surface area contributed by atoms with Crippen molar-refractivity contribution in [3.8, 4) is 0 Å². The minimum absolute atomic E-state index is 0.0668. The van der Waals surface area contributed by atoms with Gasteiger partial charge in [0, 0.05) is 41.7 Å². The lowest BCUT2D eigenvalue weighted by atomic mass is 10.1. The zero-order valence-corrected chi connectivity index (χ0v) is 12.1. The van der Waals surface area contributed by atoms with Crippen molar-refractivity contribution in [1.29, 1.82) is 0 Å². The molecule has 0 atom stereocenters. The van der Waals surface area contributed by atoms with Gasteiger partial charge >= 0.3 is 0 Å². The number of hydrogen-bond acceptors (Lipinski definition) is 2. The molecular weight excluding hydrogens is 283 g/mol. The normalized spacial score (nSPS) is 14.4. The van der Waals surface area contributed by atoms with Crippen LogP contribution in [0.2, 0.25) is 0 Å². The van der Waals surface area contributed by atoms with Crippen LogP contribution in [0.4, 0.5) is 4.39 Å². The molecule has 112 valence electrons. The van der Waals surface area contributed by atoms with Gasteiger partial charge in [0.25, 0.3) is 5.91 Å². The highest BCUT2D eigenvalue weighted by atomic mass is 19.1. The van der Waals surface area contributed by atoms with Crippen LogP contribution in [0, 0.1) is 12.7 Å². The van der Waals surface area contributed by atoms with Crippen LogP contribution in [0.5, 0.6) is 0 Å². The van der Waals surface area contributed by atoms with Crippen molar-refractivity contribution in [2.24, 2.45) is 0 Å². The highest BCUT2D eigenvalue weighted by molar-refractivity contribution is 5.98. The van der Waals surface area contributed by atoms with E-state index in [2.05, 4.69) is 15.2 Å². The fraction of sp³-hybridized carbons (Fsp3) is 0.250. The second-order valence-corrected chi connectivity index (χ2v) is 5.72. The van der Waals surface area contributed by atoms with E-state index in [0.29, 0.717) is 24.3 Å². The number of H-pyrrole nitrogens is 2. The Morgan fingerprint density at radius 3 is 3.09 bits per heavy atom. The Bertz CT molecular complexity index is 880.